The van der Waals surface area contributed by atoms with Crippen molar-refractivity contribution >= 4 is 27.5 Å². The van der Waals surface area contributed by atoms with Crippen molar-refractivity contribution < 1.29 is 23.4 Å². The lowest BCUT2D eigenvalue weighted by molar-refractivity contribution is 0.122. The number of phenols is 1. The molecular formula is C24H18F2N4O3. The van der Waals surface area contributed by atoms with E-state index in [9.17, 15) is 9.50 Å². The summed E-state index contributed by atoms with van der Waals surface area (Å²) >= 11 is 0. The molecular weight excluding hydrogens is 430 g/mol. The number of morpholine rings is 1. The average Bonchev–Trinajstić information content (AvgIpc) is 2.84. The van der Waals surface area contributed by atoms with Gasteiger partial charge in [-0.1, -0.05) is 12.0 Å². The number of anilines is 1. The van der Waals surface area contributed by atoms with Crippen molar-refractivity contribution in [2.45, 2.75) is 0 Å². The van der Waals surface area contributed by atoms with Crippen molar-refractivity contribution in [3.63, 3.8) is 0 Å². The molecule has 1 aliphatic rings. The maximum absolute atomic E-state index is 15.9. The number of rotatable bonds is 3. The molecule has 0 aliphatic carbocycles. The Balaban J connectivity index is 1.81. The number of hydrogen-bond acceptors (Lipinski definition) is 7. The third-order valence-electron chi connectivity index (χ3n) is 5.59. The van der Waals surface area contributed by atoms with E-state index in [-0.39, 0.29) is 39.5 Å². The number of benzene rings is 2. The molecule has 33 heavy (non-hydrogen) atoms. The zero-order valence-corrected chi connectivity index (χ0v) is 17.6. The van der Waals surface area contributed by atoms with E-state index in [4.69, 9.17) is 15.9 Å². The molecule has 1 aliphatic heterocycles. The second-order valence-electron chi connectivity index (χ2n) is 7.47. The van der Waals surface area contributed by atoms with Crippen LogP contribution in [0.1, 0.15) is 5.56 Å². The number of methoxy groups -OCH3 is 1. The van der Waals surface area contributed by atoms with Gasteiger partial charge >= 0.3 is 6.01 Å². The fourth-order valence-corrected chi connectivity index (χ4v) is 4.07. The first-order valence-corrected chi connectivity index (χ1v) is 10.2. The Hall–Kier alpha value is -4.03. The van der Waals surface area contributed by atoms with Crippen LogP contribution in [0.4, 0.5) is 14.6 Å². The van der Waals surface area contributed by atoms with Crippen LogP contribution in [-0.4, -0.2) is 53.5 Å². The van der Waals surface area contributed by atoms with Crippen molar-refractivity contribution in [3.8, 4) is 35.4 Å². The van der Waals surface area contributed by atoms with Crippen molar-refractivity contribution in [2.75, 3.05) is 38.3 Å². The maximum atomic E-state index is 15.9. The van der Waals surface area contributed by atoms with E-state index in [2.05, 4.69) is 20.9 Å². The van der Waals surface area contributed by atoms with Crippen molar-refractivity contribution in [1.82, 2.24) is 15.0 Å². The summed E-state index contributed by atoms with van der Waals surface area (Å²) in [6, 6.07) is 5.41. The number of hydrogen-bond donors (Lipinski definition) is 1. The third kappa shape index (κ3) is 3.45. The number of pyridine rings is 1. The molecule has 0 atom stereocenters. The first-order chi connectivity index (χ1) is 16.0. The lowest BCUT2D eigenvalue weighted by atomic mass is 9.96. The van der Waals surface area contributed by atoms with Crippen LogP contribution >= 0.6 is 0 Å². The summed E-state index contributed by atoms with van der Waals surface area (Å²) in [7, 11) is 1.40. The van der Waals surface area contributed by atoms with E-state index < -0.39 is 11.6 Å². The Morgan fingerprint density at radius 2 is 1.97 bits per heavy atom. The molecule has 1 fully saturated rings. The quantitative estimate of drug-likeness (QED) is 0.479. The number of ether oxygens (including phenoxy) is 2. The molecule has 1 saturated heterocycles. The summed E-state index contributed by atoms with van der Waals surface area (Å²) in [6.45, 7) is 2.16. The van der Waals surface area contributed by atoms with Gasteiger partial charge in [-0.15, -0.1) is 6.42 Å². The predicted molar refractivity (Wildman–Crippen MR) is 119 cm³/mol. The zero-order chi connectivity index (χ0) is 23.1. The smallest absolute Gasteiger partial charge is 0.318 e. The summed E-state index contributed by atoms with van der Waals surface area (Å²) in [5.74, 6) is 1.28. The SMILES string of the molecule is C#Cc1c(F)ccc2cc(O)cc(-c3ncc4c(N5CCOCC5)nc(OC)nc4c3F)c12. The Kier molecular flexibility index (Phi) is 5.15. The highest BCUT2D eigenvalue weighted by Crippen LogP contribution is 2.38. The van der Waals surface area contributed by atoms with Crippen LogP contribution in [0.15, 0.2) is 30.5 Å². The van der Waals surface area contributed by atoms with Gasteiger partial charge in [0.25, 0.3) is 0 Å². The van der Waals surface area contributed by atoms with E-state index >= 15 is 4.39 Å². The lowest BCUT2D eigenvalue weighted by Crippen LogP contribution is -2.37. The number of halogens is 2. The van der Waals surface area contributed by atoms with E-state index in [0.717, 1.165) is 0 Å². The van der Waals surface area contributed by atoms with Gasteiger partial charge in [-0.2, -0.15) is 9.97 Å². The number of phenolic OH excluding ortho intramolecular Hbond substituents is 1. The first kappa shape index (κ1) is 20.8. The monoisotopic (exact) mass is 448 g/mol. The highest BCUT2D eigenvalue weighted by molar-refractivity contribution is 6.03. The molecule has 5 rings (SSSR count). The van der Waals surface area contributed by atoms with Gasteiger partial charge in [0.15, 0.2) is 5.82 Å². The summed E-state index contributed by atoms with van der Waals surface area (Å²) in [5, 5.41) is 11.4. The Morgan fingerprint density at radius 3 is 2.70 bits per heavy atom. The summed E-state index contributed by atoms with van der Waals surface area (Å²) in [5.41, 5.74) is -0.0249. The second kappa shape index (κ2) is 8.15. The van der Waals surface area contributed by atoms with Crippen LogP contribution in [0.3, 0.4) is 0 Å². The Labute approximate surface area is 187 Å². The molecule has 2 aromatic heterocycles. The van der Waals surface area contributed by atoms with Crippen LogP contribution in [0.2, 0.25) is 0 Å². The molecule has 4 aromatic rings. The number of terminal acetylenes is 1. The fraction of sp³-hybridized carbons (Fsp3) is 0.208. The molecule has 2 aromatic carbocycles. The fourth-order valence-electron chi connectivity index (χ4n) is 4.07. The molecule has 0 bridgehead atoms. The average molecular weight is 448 g/mol. The molecule has 1 N–H and O–H groups in total. The third-order valence-corrected chi connectivity index (χ3v) is 5.59. The van der Waals surface area contributed by atoms with Gasteiger partial charge in [0.2, 0.25) is 0 Å². The van der Waals surface area contributed by atoms with Crippen molar-refractivity contribution in [2.24, 2.45) is 0 Å². The molecule has 3 heterocycles. The van der Waals surface area contributed by atoms with Crippen LogP contribution in [-0.2, 0) is 4.74 Å². The van der Waals surface area contributed by atoms with E-state index in [1.54, 1.807) is 0 Å². The predicted octanol–water partition coefficient (Wildman–Crippen LogP) is 3.66. The van der Waals surface area contributed by atoms with Crippen molar-refractivity contribution in [3.05, 3.63) is 47.7 Å². The Morgan fingerprint density at radius 1 is 1.18 bits per heavy atom. The van der Waals surface area contributed by atoms with Gasteiger partial charge in [-0.05, 0) is 23.6 Å². The molecule has 0 unspecified atom stereocenters. The number of nitrogens with zero attached hydrogens (tertiary/aromatic N) is 4. The minimum Gasteiger partial charge on any atom is -0.508 e. The molecule has 7 nitrogen and oxygen atoms in total. The van der Waals surface area contributed by atoms with Gasteiger partial charge in [-0.25, -0.2) is 8.78 Å². The largest absolute Gasteiger partial charge is 0.508 e. The van der Waals surface area contributed by atoms with Gasteiger partial charge in [-0.3, -0.25) is 4.98 Å². The van der Waals surface area contributed by atoms with Gasteiger partial charge in [0, 0.05) is 30.2 Å². The molecule has 0 saturated carbocycles. The summed E-state index contributed by atoms with van der Waals surface area (Å²) in [6.07, 6.45) is 7.01. The van der Waals surface area contributed by atoms with Gasteiger partial charge in [0.05, 0.1) is 31.3 Å². The topological polar surface area (TPSA) is 80.6 Å². The van der Waals surface area contributed by atoms with Crippen LogP contribution in [0, 0.1) is 24.0 Å². The lowest BCUT2D eigenvalue weighted by Gasteiger charge is -2.28. The van der Waals surface area contributed by atoms with E-state index in [1.165, 1.54) is 37.6 Å². The maximum Gasteiger partial charge on any atom is 0.318 e. The minimum absolute atomic E-state index is 0.00355. The number of fused-ring (bicyclic) bond motifs is 2. The molecule has 9 heteroatoms. The molecule has 0 amide bonds. The van der Waals surface area contributed by atoms with Gasteiger partial charge in [0.1, 0.15) is 28.6 Å². The zero-order valence-electron chi connectivity index (χ0n) is 17.6. The van der Waals surface area contributed by atoms with E-state index in [0.29, 0.717) is 42.9 Å². The van der Waals surface area contributed by atoms with Crippen molar-refractivity contribution in [1.29, 1.82) is 0 Å². The number of aromatic hydroxyl groups is 1. The number of aromatic nitrogens is 3. The minimum atomic E-state index is -0.762. The second-order valence-corrected chi connectivity index (χ2v) is 7.47. The van der Waals surface area contributed by atoms with Crippen LogP contribution in [0.5, 0.6) is 11.8 Å². The first-order valence-electron chi connectivity index (χ1n) is 10.2. The highest BCUT2D eigenvalue weighted by atomic mass is 19.1. The Bertz CT molecular complexity index is 1450. The standard InChI is InChI=1S/C24H18F2N4O3/c1-3-15-18(25)5-4-13-10-14(31)11-16(19(13)15)21-20(26)22-17(12-27-21)23(29-24(28-22)32-2)30-6-8-33-9-7-30/h1,4-5,10-12,31H,6-9H2,2H3. The molecule has 0 radical (unpaired) electrons. The van der Waals surface area contributed by atoms with Gasteiger partial charge < -0.3 is 19.5 Å². The highest BCUT2D eigenvalue weighted by Gasteiger charge is 2.24. The van der Waals surface area contributed by atoms with E-state index in [1.807, 2.05) is 4.90 Å². The van der Waals surface area contributed by atoms with Crippen LogP contribution < -0.4 is 9.64 Å². The van der Waals surface area contributed by atoms with Crippen LogP contribution in [0.25, 0.3) is 32.9 Å². The summed E-state index contributed by atoms with van der Waals surface area (Å²) in [4.78, 5) is 14.9. The summed E-state index contributed by atoms with van der Waals surface area (Å²) < 4.78 is 41.0. The molecule has 0 spiro atoms. The normalized spacial score (nSPS) is 13.9. The molecule has 166 valence electrons.